The molecule has 70 valence electrons. The maximum absolute atomic E-state index is 11.3. The van der Waals surface area contributed by atoms with Crippen LogP contribution in [0.2, 0.25) is 5.15 Å². The molecule has 0 saturated carbocycles. The number of anilines is 1. The third-order valence-corrected chi connectivity index (χ3v) is 2.00. The van der Waals surface area contributed by atoms with Crippen LogP contribution in [0.15, 0.2) is 6.07 Å². The predicted molar refractivity (Wildman–Crippen MR) is 46.5 cm³/mol. The van der Waals surface area contributed by atoms with E-state index in [1.54, 1.807) is 6.07 Å². The van der Waals surface area contributed by atoms with Crippen LogP contribution in [0.5, 0.6) is 0 Å². The van der Waals surface area contributed by atoms with E-state index in [4.69, 9.17) is 16.3 Å². The van der Waals surface area contributed by atoms with E-state index in [0.29, 0.717) is 24.2 Å². The van der Waals surface area contributed by atoms with E-state index in [0.717, 1.165) is 0 Å². The molecule has 0 aliphatic carbocycles. The largest absolute Gasteiger partial charge is 0.380 e. The molecule has 13 heavy (non-hydrogen) atoms. The highest BCUT2D eigenvalue weighted by molar-refractivity contribution is 6.29. The van der Waals surface area contributed by atoms with Gasteiger partial charge in [0.05, 0.1) is 19.1 Å². The van der Waals surface area contributed by atoms with Crippen LogP contribution in [0.4, 0.5) is 5.82 Å². The van der Waals surface area contributed by atoms with Gasteiger partial charge in [-0.1, -0.05) is 11.6 Å². The lowest BCUT2D eigenvalue weighted by atomic mass is 10.1. The molecule has 5 nitrogen and oxygen atoms in total. The van der Waals surface area contributed by atoms with Gasteiger partial charge in [0.15, 0.2) is 5.82 Å². The Morgan fingerprint density at radius 1 is 1.77 bits per heavy atom. The van der Waals surface area contributed by atoms with Crippen LogP contribution < -0.4 is 5.32 Å². The second-order valence-electron chi connectivity index (χ2n) is 2.82. The molecular weight excluding hydrogens is 194 g/mol. The molecular formula is C7H8ClN3O2. The van der Waals surface area contributed by atoms with Gasteiger partial charge in [-0.2, -0.15) is 5.10 Å². The highest BCUT2D eigenvalue weighted by Crippen LogP contribution is 2.14. The fourth-order valence-corrected chi connectivity index (χ4v) is 1.12. The number of carbonyl (C=O) groups is 1. The van der Waals surface area contributed by atoms with E-state index in [2.05, 4.69) is 15.5 Å². The van der Waals surface area contributed by atoms with Gasteiger partial charge in [-0.3, -0.25) is 9.89 Å². The molecule has 2 heterocycles. The summed E-state index contributed by atoms with van der Waals surface area (Å²) in [6, 6.07) is 1.55. The zero-order valence-electron chi connectivity index (χ0n) is 6.71. The molecule has 1 aliphatic heterocycles. The number of hydrogen-bond acceptors (Lipinski definition) is 3. The number of amides is 1. The summed E-state index contributed by atoms with van der Waals surface area (Å²) in [6.45, 7) is 0.980. The number of nitrogens with one attached hydrogen (secondary N) is 2. The number of ether oxygens (including phenoxy) is 1. The van der Waals surface area contributed by atoms with Crippen molar-refractivity contribution in [3.63, 3.8) is 0 Å². The Balaban J connectivity index is 1.93. The third kappa shape index (κ3) is 1.81. The molecule has 0 aromatic carbocycles. The fourth-order valence-electron chi connectivity index (χ4n) is 0.978. The predicted octanol–water partition coefficient (Wildman–Crippen LogP) is 0.648. The first kappa shape index (κ1) is 8.52. The molecule has 1 aromatic rings. The Morgan fingerprint density at radius 3 is 3.00 bits per heavy atom. The number of nitrogens with zero attached hydrogens (tertiary/aromatic N) is 1. The van der Waals surface area contributed by atoms with E-state index in [1.807, 2.05) is 0 Å². The number of hydrogen-bond donors (Lipinski definition) is 2. The van der Waals surface area contributed by atoms with Gasteiger partial charge in [0.25, 0.3) is 0 Å². The summed E-state index contributed by atoms with van der Waals surface area (Å²) < 4.78 is 4.88. The van der Waals surface area contributed by atoms with Crippen LogP contribution in [-0.4, -0.2) is 29.3 Å². The standard InChI is InChI=1S/C7H8ClN3O2/c8-5-1-6(11-10-5)9-7(12)4-2-13-3-4/h1,4H,2-3H2,(H2,9,10,11,12). The van der Waals surface area contributed by atoms with Crippen molar-refractivity contribution in [2.45, 2.75) is 0 Å². The van der Waals surface area contributed by atoms with E-state index < -0.39 is 0 Å². The highest BCUT2D eigenvalue weighted by atomic mass is 35.5. The lowest BCUT2D eigenvalue weighted by Gasteiger charge is -2.24. The van der Waals surface area contributed by atoms with Crippen LogP contribution >= 0.6 is 11.6 Å². The van der Waals surface area contributed by atoms with Crippen molar-refractivity contribution in [3.05, 3.63) is 11.2 Å². The van der Waals surface area contributed by atoms with Crippen molar-refractivity contribution in [3.8, 4) is 0 Å². The van der Waals surface area contributed by atoms with Gasteiger partial charge in [0.2, 0.25) is 5.91 Å². The molecule has 1 aliphatic rings. The second-order valence-corrected chi connectivity index (χ2v) is 3.23. The molecule has 0 spiro atoms. The van der Waals surface area contributed by atoms with Gasteiger partial charge in [-0.05, 0) is 0 Å². The first-order valence-corrected chi connectivity index (χ1v) is 4.23. The number of rotatable bonds is 2. The Bertz CT molecular complexity index is 321. The minimum absolute atomic E-state index is 0.0459. The summed E-state index contributed by atoms with van der Waals surface area (Å²) >= 11 is 5.58. The Kier molecular flexibility index (Phi) is 2.20. The van der Waals surface area contributed by atoms with E-state index in [-0.39, 0.29) is 11.8 Å². The SMILES string of the molecule is O=C(Nc1cc(Cl)[nH]n1)C1COC1. The molecule has 1 fully saturated rings. The number of aromatic nitrogens is 2. The van der Waals surface area contributed by atoms with Crippen LogP contribution in [0.1, 0.15) is 0 Å². The van der Waals surface area contributed by atoms with E-state index >= 15 is 0 Å². The van der Waals surface area contributed by atoms with Crippen molar-refractivity contribution in [1.82, 2.24) is 10.2 Å². The summed E-state index contributed by atoms with van der Waals surface area (Å²) in [5.74, 6) is 0.326. The second kappa shape index (κ2) is 3.35. The maximum Gasteiger partial charge on any atom is 0.233 e. The van der Waals surface area contributed by atoms with Gasteiger partial charge >= 0.3 is 0 Å². The molecule has 1 aromatic heterocycles. The number of halogens is 1. The van der Waals surface area contributed by atoms with Crippen molar-refractivity contribution >= 4 is 23.3 Å². The Hall–Kier alpha value is -1.07. The monoisotopic (exact) mass is 201 g/mol. The highest BCUT2D eigenvalue weighted by Gasteiger charge is 2.26. The first-order valence-electron chi connectivity index (χ1n) is 3.85. The first-order chi connectivity index (χ1) is 6.25. The van der Waals surface area contributed by atoms with Crippen LogP contribution in [0, 0.1) is 5.92 Å². The molecule has 6 heteroatoms. The van der Waals surface area contributed by atoms with E-state index in [9.17, 15) is 4.79 Å². The van der Waals surface area contributed by atoms with Gasteiger partial charge in [0.1, 0.15) is 5.15 Å². The van der Waals surface area contributed by atoms with Crippen molar-refractivity contribution in [2.24, 2.45) is 5.92 Å². The van der Waals surface area contributed by atoms with Crippen LogP contribution in [0.25, 0.3) is 0 Å². The molecule has 2 rings (SSSR count). The summed E-state index contributed by atoms with van der Waals surface area (Å²) in [7, 11) is 0. The summed E-state index contributed by atoms with van der Waals surface area (Å²) in [4.78, 5) is 11.3. The van der Waals surface area contributed by atoms with E-state index in [1.165, 1.54) is 0 Å². The van der Waals surface area contributed by atoms with Gasteiger partial charge in [-0.25, -0.2) is 0 Å². The third-order valence-electron chi connectivity index (χ3n) is 1.81. The number of carbonyl (C=O) groups excluding carboxylic acids is 1. The molecule has 0 unspecified atom stereocenters. The smallest absolute Gasteiger partial charge is 0.233 e. The van der Waals surface area contributed by atoms with Crippen molar-refractivity contribution in [2.75, 3.05) is 18.5 Å². The van der Waals surface area contributed by atoms with Crippen molar-refractivity contribution < 1.29 is 9.53 Å². The summed E-state index contributed by atoms with van der Waals surface area (Å²) in [5, 5.41) is 9.31. The molecule has 2 N–H and O–H groups in total. The number of H-pyrrole nitrogens is 1. The normalized spacial score (nSPS) is 16.7. The quantitative estimate of drug-likeness (QED) is 0.738. The van der Waals surface area contributed by atoms with Crippen LogP contribution in [-0.2, 0) is 9.53 Å². The summed E-state index contributed by atoms with van der Waals surface area (Å²) in [6.07, 6.45) is 0. The molecule has 0 radical (unpaired) electrons. The lowest BCUT2D eigenvalue weighted by molar-refractivity contribution is -0.133. The Morgan fingerprint density at radius 2 is 2.54 bits per heavy atom. The van der Waals surface area contributed by atoms with Crippen LogP contribution in [0.3, 0.4) is 0 Å². The topological polar surface area (TPSA) is 67.0 Å². The fraction of sp³-hybridized carbons (Fsp3) is 0.429. The summed E-state index contributed by atoms with van der Waals surface area (Å²) in [5.41, 5.74) is 0. The molecule has 0 bridgehead atoms. The minimum Gasteiger partial charge on any atom is -0.380 e. The van der Waals surface area contributed by atoms with Gasteiger partial charge in [0, 0.05) is 6.07 Å². The zero-order valence-corrected chi connectivity index (χ0v) is 7.47. The van der Waals surface area contributed by atoms with Gasteiger partial charge in [-0.15, -0.1) is 0 Å². The molecule has 1 amide bonds. The average molecular weight is 202 g/mol. The van der Waals surface area contributed by atoms with Crippen molar-refractivity contribution in [1.29, 1.82) is 0 Å². The number of aromatic amines is 1. The minimum atomic E-state index is -0.0746. The maximum atomic E-state index is 11.3. The van der Waals surface area contributed by atoms with Gasteiger partial charge < -0.3 is 10.1 Å². The lowest BCUT2D eigenvalue weighted by Crippen LogP contribution is -2.38. The molecule has 0 atom stereocenters. The zero-order chi connectivity index (χ0) is 9.26. The Labute approximate surface area is 79.4 Å². The average Bonchev–Trinajstić information content (AvgIpc) is 2.31. The molecule has 1 saturated heterocycles.